The van der Waals surface area contributed by atoms with E-state index in [0.29, 0.717) is 11.9 Å². The third-order valence-corrected chi connectivity index (χ3v) is 4.66. The van der Waals surface area contributed by atoms with Gasteiger partial charge in [-0.3, -0.25) is 9.30 Å². The number of aromatic nitrogens is 5. The van der Waals surface area contributed by atoms with Gasteiger partial charge in [0, 0.05) is 49.7 Å². The van der Waals surface area contributed by atoms with Crippen molar-refractivity contribution in [2.45, 2.75) is 32.2 Å². The zero-order valence-electron chi connectivity index (χ0n) is 14.5. The molecule has 1 atom stereocenters. The van der Waals surface area contributed by atoms with Crippen LogP contribution in [0.15, 0.2) is 36.8 Å². The highest BCUT2D eigenvalue weighted by atomic mass is 15.3. The van der Waals surface area contributed by atoms with Crippen LogP contribution in [0, 0.1) is 0 Å². The molecule has 0 bridgehead atoms. The van der Waals surface area contributed by atoms with Crippen LogP contribution in [-0.2, 0) is 6.54 Å². The summed E-state index contributed by atoms with van der Waals surface area (Å²) in [6.45, 7) is 5.84. The molecule has 7 heteroatoms. The lowest BCUT2D eigenvalue weighted by Gasteiger charge is -2.31. The number of piperidine rings is 1. The summed E-state index contributed by atoms with van der Waals surface area (Å²) >= 11 is 0. The topological polar surface area (TPSA) is 71.2 Å². The molecule has 0 aromatic carbocycles. The largest absolute Gasteiger partial charge is 0.355 e. The number of anilines is 1. The van der Waals surface area contributed by atoms with Crippen LogP contribution < -0.4 is 5.32 Å². The first kappa shape index (κ1) is 16.0. The number of hydrogen-bond donors (Lipinski definition) is 1. The van der Waals surface area contributed by atoms with Crippen LogP contribution in [-0.4, -0.2) is 49.1 Å². The Morgan fingerprint density at radius 3 is 2.92 bits per heavy atom. The number of pyridine rings is 1. The molecule has 4 heterocycles. The molecule has 3 aromatic heterocycles. The van der Waals surface area contributed by atoms with Crippen molar-refractivity contribution in [1.29, 1.82) is 0 Å². The maximum Gasteiger partial charge on any atom is 0.222 e. The van der Waals surface area contributed by atoms with E-state index >= 15 is 0 Å². The van der Waals surface area contributed by atoms with Crippen LogP contribution in [0.1, 0.15) is 37.1 Å². The highest BCUT2D eigenvalue weighted by Crippen LogP contribution is 2.26. The Kier molecular flexibility index (Phi) is 4.56. The lowest BCUT2D eigenvalue weighted by Crippen LogP contribution is -2.34. The van der Waals surface area contributed by atoms with Crippen molar-refractivity contribution < 1.29 is 0 Å². The standard InChI is InChI=1S/C18H23N7/c1-2-19-18-20-10-14(11-21-18)12-24-8-5-6-15(13-24)17-23-22-16-7-3-4-9-25(16)17/h3-4,7,9-11,15H,2,5-6,8,12-13H2,1H3,(H,19,20,21)/t15-/m0/s1. The number of likely N-dealkylation sites (tertiary alicyclic amines) is 1. The number of fused-ring (bicyclic) bond motifs is 1. The number of nitrogens with one attached hydrogen (secondary N) is 1. The van der Waals surface area contributed by atoms with Crippen molar-refractivity contribution in [3.63, 3.8) is 0 Å². The first-order valence-corrected chi connectivity index (χ1v) is 8.90. The van der Waals surface area contributed by atoms with Gasteiger partial charge in [0.25, 0.3) is 0 Å². The van der Waals surface area contributed by atoms with Gasteiger partial charge in [0.15, 0.2) is 5.65 Å². The third-order valence-electron chi connectivity index (χ3n) is 4.66. The van der Waals surface area contributed by atoms with Crippen molar-refractivity contribution in [2.75, 3.05) is 25.0 Å². The van der Waals surface area contributed by atoms with Crippen molar-refractivity contribution in [2.24, 2.45) is 0 Å². The van der Waals surface area contributed by atoms with Crippen LogP contribution >= 0.6 is 0 Å². The van der Waals surface area contributed by atoms with Crippen molar-refractivity contribution in [3.8, 4) is 0 Å². The molecule has 0 saturated carbocycles. The van der Waals surface area contributed by atoms with E-state index in [9.17, 15) is 0 Å². The van der Waals surface area contributed by atoms with Gasteiger partial charge in [-0.1, -0.05) is 6.07 Å². The Morgan fingerprint density at radius 2 is 2.08 bits per heavy atom. The summed E-state index contributed by atoms with van der Waals surface area (Å²) in [5.41, 5.74) is 2.07. The molecular formula is C18H23N7. The molecule has 0 spiro atoms. The average molecular weight is 337 g/mol. The van der Waals surface area contributed by atoms with Crippen LogP contribution in [0.25, 0.3) is 5.65 Å². The quantitative estimate of drug-likeness (QED) is 0.770. The molecule has 0 unspecified atom stereocenters. The van der Waals surface area contributed by atoms with Gasteiger partial charge >= 0.3 is 0 Å². The monoisotopic (exact) mass is 337 g/mol. The molecule has 1 aliphatic heterocycles. The maximum atomic E-state index is 4.45. The lowest BCUT2D eigenvalue weighted by atomic mass is 9.97. The molecule has 1 N–H and O–H groups in total. The zero-order valence-corrected chi connectivity index (χ0v) is 14.5. The Balaban J connectivity index is 1.45. The first-order valence-electron chi connectivity index (χ1n) is 8.90. The van der Waals surface area contributed by atoms with E-state index in [1.54, 1.807) is 0 Å². The average Bonchev–Trinajstić information content (AvgIpc) is 3.08. The Hall–Kier alpha value is -2.54. The van der Waals surface area contributed by atoms with Crippen LogP contribution in [0.3, 0.4) is 0 Å². The minimum atomic E-state index is 0.410. The SMILES string of the molecule is CCNc1ncc(CN2CCC[C@H](c3nnc4ccccn34)C2)cn1. The summed E-state index contributed by atoms with van der Waals surface area (Å²) in [5, 5.41) is 11.9. The fourth-order valence-corrected chi connectivity index (χ4v) is 3.49. The summed E-state index contributed by atoms with van der Waals surface area (Å²) in [7, 11) is 0. The number of hydrogen-bond acceptors (Lipinski definition) is 6. The molecule has 0 amide bonds. The zero-order chi connectivity index (χ0) is 17.1. The molecule has 7 nitrogen and oxygen atoms in total. The molecule has 130 valence electrons. The van der Waals surface area contributed by atoms with Gasteiger partial charge in [-0.2, -0.15) is 0 Å². The van der Waals surface area contributed by atoms with Gasteiger partial charge in [0.2, 0.25) is 5.95 Å². The first-order chi connectivity index (χ1) is 12.3. The number of rotatable bonds is 5. The van der Waals surface area contributed by atoms with E-state index < -0.39 is 0 Å². The highest BCUT2D eigenvalue weighted by Gasteiger charge is 2.25. The summed E-state index contributed by atoms with van der Waals surface area (Å²) < 4.78 is 2.11. The molecule has 4 rings (SSSR count). The van der Waals surface area contributed by atoms with Gasteiger partial charge in [0.05, 0.1) is 0 Å². The molecule has 1 fully saturated rings. The predicted molar refractivity (Wildman–Crippen MR) is 96.4 cm³/mol. The number of nitrogens with zero attached hydrogens (tertiary/aromatic N) is 6. The second-order valence-electron chi connectivity index (χ2n) is 6.51. The second kappa shape index (κ2) is 7.14. The van der Waals surface area contributed by atoms with E-state index in [4.69, 9.17) is 0 Å². The Morgan fingerprint density at radius 1 is 1.20 bits per heavy atom. The molecule has 1 saturated heterocycles. The smallest absolute Gasteiger partial charge is 0.222 e. The molecule has 1 aliphatic rings. The fourth-order valence-electron chi connectivity index (χ4n) is 3.49. The van der Waals surface area contributed by atoms with E-state index in [2.05, 4.69) is 41.0 Å². The van der Waals surface area contributed by atoms with Gasteiger partial charge < -0.3 is 5.32 Å². The fraction of sp³-hybridized carbons (Fsp3) is 0.444. The van der Waals surface area contributed by atoms with Gasteiger partial charge in [-0.15, -0.1) is 10.2 Å². The molecule has 3 aromatic rings. The van der Waals surface area contributed by atoms with Crippen LogP contribution in [0.4, 0.5) is 5.95 Å². The van der Waals surface area contributed by atoms with Gasteiger partial charge in [-0.25, -0.2) is 9.97 Å². The minimum absolute atomic E-state index is 0.410. The Bertz CT molecular complexity index is 827. The second-order valence-corrected chi connectivity index (χ2v) is 6.51. The normalized spacial score (nSPS) is 18.5. The van der Waals surface area contributed by atoms with Gasteiger partial charge in [0.1, 0.15) is 5.82 Å². The summed E-state index contributed by atoms with van der Waals surface area (Å²) in [4.78, 5) is 11.2. The van der Waals surface area contributed by atoms with Crippen LogP contribution in [0.2, 0.25) is 0 Å². The molecule has 0 radical (unpaired) electrons. The van der Waals surface area contributed by atoms with Crippen LogP contribution in [0.5, 0.6) is 0 Å². The molecule has 0 aliphatic carbocycles. The van der Waals surface area contributed by atoms with Gasteiger partial charge in [-0.05, 0) is 38.4 Å². The van der Waals surface area contributed by atoms with Crippen molar-refractivity contribution >= 4 is 11.6 Å². The molecule has 25 heavy (non-hydrogen) atoms. The van der Waals surface area contributed by atoms with E-state index in [0.717, 1.165) is 49.6 Å². The van der Waals surface area contributed by atoms with Crippen molar-refractivity contribution in [3.05, 3.63) is 48.2 Å². The summed E-state index contributed by atoms with van der Waals surface area (Å²) in [6, 6.07) is 6.03. The predicted octanol–water partition coefficient (Wildman–Crippen LogP) is 2.33. The summed E-state index contributed by atoms with van der Waals surface area (Å²) in [5.74, 6) is 2.17. The minimum Gasteiger partial charge on any atom is -0.355 e. The van der Waals surface area contributed by atoms with E-state index in [-0.39, 0.29) is 0 Å². The third kappa shape index (κ3) is 3.46. The lowest BCUT2D eigenvalue weighted by molar-refractivity contribution is 0.196. The summed E-state index contributed by atoms with van der Waals surface area (Å²) in [6.07, 6.45) is 8.21. The molecular weight excluding hydrogens is 314 g/mol. The Labute approximate surface area is 147 Å². The van der Waals surface area contributed by atoms with E-state index in [1.807, 2.05) is 37.5 Å². The van der Waals surface area contributed by atoms with E-state index in [1.165, 1.54) is 6.42 Å². The highest BCUT2D eigenvalue weighted by molar-refractivity contribution is 5.37. The maximum absolute atomic E-state index is 4.45. The van der Waals surface area contributed by atoms with Crippen molar-refractivity contribution in [1.82, 2.24) is 29.5 Å².